The third-order valence-corrected chi connectivity index (χ3v) is 4.66. The Labute approximate surface area is 139 Å². The van der Waals surface area contributed by atoms with Gasteiger partial charge in [-0.3, -0.25) is 0 Å². The molecule has 2 nitrogen and oxygen atoms in total. The molecule has 4 heteroatoms. The molecule has 102 valence electrons. The molecule has 3 aromatic rings. The van der Waals surface area contributed by atoms with Gasteiger partial charge >= 0.3 is 0 Å². The molecule has 0 bridgehead atoms. The summed E-state index contributed by atoms with van der Waals surface area (Å²) in [5.74, 6) is 0.833. The van der Waals surface area contributed by atoms with Gasteiger partial charge in [0.15, 0.2) is 0 Å². The number of hydrogen-bond donors (Lipinski definition) is 1. The first-order valence-electron chi connectivity index (χ1n) is 6.26. The summed E-state index contributed by atoms with van der Waals surface area (Å²) in [6.45, 7) is 2.06. The Kier molecular flexibility index (Phi) is 3.88. The van der Waals surface area contributed by atoms with Gasteiger partial charge in [-0.15, -0.1) is 0 Å². The average molecular weight is 442 g/mol. The lowest BCUT2D eigenvalue weighted by atomic mass is 10.0. The van der Waals surface area contributed by atoms with Crippen molar-refractivity contribution < 1.29 is 4.42 Å². The van der Waals surface area contributed by atoms with Crippen molar-refractivity contribution in [3.63, 3.8) is 0 Å². The Hall–Kier alpha value is -0.850. The van der Waals surface area contributed by atoms with Crippen molar-refractivity contribution in [2.75, 3.05) is 0 Å². The normalized spacial score (nSPS) is 12.8. The monoisotopic (exact) mass is 441 g/mol. The molecule has 0 amide bonds. The molecule has 0 spiro atoms. The van der Waals surface area contributed by atoms with Crippen molar-refractivity contribution in [2.24, 2.45) is 5.73 Å². The third kappa shape index (κ3) is 2.52. The summed E-state index contributed by atoms with van der Waals surface area (Å²) in [6, 6.07) is 14.0. The smallest absolute Gasteiger partial charge is 0.134 e. The van der Waals surface area contributed by atoms with Gasteiger partial charge in [0, 0.05) is 19.0 Å². The number of benzene rings is 2. The van der Waals surface area contributed by atoms with Crippen LogP contribution in [0.5, 0.6) is 0 Å². The molecule has 20 heavy (non-hydrogen) atoms. The molecule has 2 aromatic carbocycles. The zero-order valence-electron chi connectivity index (χ0n) is 10.9. The molecule has 1 unspecified atom stereocenters. The van der Waals surface area contributed by atoms with Crippen LogP contribution in [-0.4, -0.2) is 0 Å². The Morgan fingerprint density at radius 1 is 1.15 bits per heavy atom. The van der Waals surface area contributed by atoms with E-state index in [4.69, 9.17) is 10.2 Å². The van der Waals surface area contributed by atoms with E-state index in [-0.39, 0.29) is 6.04 Å². The van der Waals surface area contributed by atoms with E-state index in [1.807, 2.05) is 12.1 Å². The topological polar surface area (TPSA) is 39.2 Å². The molecule has 1 heterocycles. The van der Waals surface area contributed by atoms with Gasteiger partial charge in [0.25, 0.3) is 0 Å². The Bertz CT molecular complexity index is 764. The maximum Gasteiger partial charge on any atom is 0.134 e. The molecule has 0 radical (unpaired) electrons. The van der Waals surface area contributed by atoms with Crippen LogP contribution in [0.3, 0.4) is 0 Å². The van der Waals surface area contributed by atoms with Crippen LogP contribution >= 0.6 is 38.5 Å². The quantitative estimate of drug-likeness (QED) is 0.558. The first kappa shape index (κ1) is 14.1. The fourth-order valence-corrected chi connectivity index (χ4v) is 3.05. The van der Waals surface area contributed by atoms with Crippen molar-refractivity contribution in [3.8, 4) is 0 Å². The lowest BCUT2D eigenvalue weighted by molar-refractivity contribution is 0.521. The highest BCUT2D eigenvalue weighted by Gasteiger charge is 2.18. The van der Waals surface area contributed by atoms with Crippen LogP contribution in [0.25, 0.3) is 11.0 Å². The molecular weight excluding hydrogens is 429 g/mol. The molecule has 0 aliphatic carbocycles. The molecule has 0 saturated carbocycles. The third-order valence-electron chi connectivity index (χ3n) is 3.45. The molecule has 1 aromatic heterocycles. The zero-order valence-corrected chi connectivity index (χ0v) is 14.6. The first-order chi connectivity index (χ1) is 9.56. The fourth-order valence-electron chi connectivity index (χ4n) is 2.33. The van der Waals surface area contributed by atoms with Gasteiger partial charge in [-0.05, 0) is 65.4 Å². The Morgan fingerprint density at radius 2 is 1.85 bits per heavy atom. The molecule has 0 aliphatic heterocycles. The van der Waals surface area contributed by atoms with Crippen LogP contribution in [-0.2, 0) is 0 Å². The van der Waals surface area contributed by atoms with Crippen molar-refractivity contribution in [1.29, 1.82) is 0 Å². The van der Waals surface area contributed by atoms with Gasteiger partial charge in [-0.1, -0.05) is 28.1 Å². The second-order valence-corrected chi connectivity index (χ2v) is 6.92. The summed E-state index contributed by atoms with van der Waals surface area (Å²) in [6.07, 6.45) is 0. The van der Waals surface area contributed by atoms with E-state index in [2.05, 4.69) is 75.8 Å². The van der Waals surface area contributed by atoms with Crippen LogP contribution in [0, 0.1) is 10.5 Å². The number of aryl methyl sites for hydroxylation is 1. The number of nitrogens with two attached hydrogens (primary N) is 1. The fraction of sp³-hybridized carbons (Fsp3) is 0.125. The predicted molar refractivity (Wildman–Crippen MR) is 93.8 cm³/mol. The Balaban J connectivity index is 2.09. The van der Waals surface area contributed by atoms with Crippen LogP contribution in [0.2, 0.25) is 0 Å². The maximum absolute atomic E-state index is 6.36. The minimum Gasteiger partial charge on any atom is -0.459 e. The highest BCUT2D eigenvalue weighted by molar-refractivity contribution is 14.1. The molecule has 0 fully saturated rings. The number of furan rings is 1. The standard InChI is InChI=1S/C16H13BrINO/c1-9-13-8-11(17)4-7-14(13)20-16(9)15(19)10-2-5-12(18)6-3-10/h2-8,15H,19H2,1H3. The van der Waals surface area contributed by atoms with Crippen LogP contribution in [0.15, 0.2) is 51.4 Å². The summed E-state index contributed by atoms with van der Waals surface area (Å²) in [5, 5.41) is 1.11. The lowest BCUT2D eigenvalue weighted by Gasteiger charge is -2.10. The van der Waals surface area contributed by atoms with Gasteiger partial charge in [0.05, 0.1) is 6.04 Å². The van der Waals surface area contributed by atoms with E-state index in [0.29, 0.717) is 0 Å². The summed E-state index contributed by atoms with van der Waals surface area (Å²) in [7, 11) is 0. The SMILES string of the molecule is Cc1c(C(N)c2ccc(I)cc2)oc2ccc(Br)cc12. The zero-order chi connectivity index (χ0) is 14.3. The summed E-state index contributed by atoms with van der Waals surface area (Å²) >= 11 is 5.78. The first-order valence-corrected chi connectivity index (χ1v) is 8.13. The van der Waals surface area contributed by atoms with Gasteiger partial charge < -0.3 is 10.2 Å². The minimum absolute atomic E-state index is 0.238. The van der Waals surface area contributed by atoms with Gasteiger partial charge in [-0.25, -0.2) is 0 Å². The molecule has 3 rings (SSSR count). The van der Waals surface area contributed by atoms with Crippen LogP contribution in [0.1, 0.15) is 22.9 Å². The van der Waals surface area contributed by atoms with E-state index in [9.17, 15) is 0 Å². The average Bonchev–Trinajstić information content (AvgIpc) is 2.76. The van der Waals surface area contributed by atoms with Gasteiger partial charge in [0.1, 0.15) is 11.3 Å². The molecule has 0 aliphatic rings. The molecular formula is C16H13BrINO. The van der Waals surface area contributed by atoms with Crippen molar-refractivity contribution in [2.45, 2.75) is 13.0 Å². The summed E-state index contributed by atoms with van der Waals surface area (Å²) in [5.41, 5.74) is 9.40. The van der Waals surface area contributed by atoms with Crippen molar-refractivity contribution in [3.05, 3.63) is 67.4 Å². The van der Waals surface area contributed by atoms with Gasteiger partial charge in [0.2, 0.25) is 0 Å². The van der Waals surface area contributed by atoms with Crippen molar-refractivity contribution >= 4 is 49.5 Å². The Morgan fingerprint density at radius 3 is 2.55 bits per heavy atom. The maximum atomic E-state index is 6.36. The second-order valence-electron chi connectivity index (χ2n) is 4.76. The highest BCUT2D eigenvalue weighted by atomic mass is 127. The van der Waals surface area contributed by atoms with Crippen LogP contribution < -0.4 is 5.73 Å². The number of rotatable bonds is 2. The second kappa shape index (κ2) is 5.50. The predicted octanol–water partition coefficient (Wildman–Crippen LogP) is 5.16. The molecule has 1 atom stereocenters. The van der Waals surface area contributed by atoms with E-state index < -0.39 is 0 Å². The summed E-state index contributed by atoms with van der Waals surface area (Å²) < 4.78 is 8.20. The molecule has 0 saturated heterocycles. The number of hydrogen-bond acceptors (Lipinski definition) is 2. The summed E-state index contributed by atoms with van der Waals surface area (Å²) in [4.78, 5) is 0. The highest BCUT2D eigenvalue weighted by Crippen LogP contribution is 2.33. The molecule has 2 N–H and O–H groups in total. The number of halogens is 2. The number of fused-ring (bicyclic) bond motifs is 1. The van der Waals surface area contributed by atoms with E-state index in [1.54, 1.807) is 0 Å². The van der Waals surface area contributed by atoms with Gasteiger partial charge in [-0.2, -0.15) is 0 Å². The van der Waals surface area contributed by atoms with Crippen LogP contribution in [0.4, 0.5) is 0 Å². The van der Waals surface area contributed by atoms with E-state index >= 15 is 0 Å². The van der Waals surface area contributed by atoms with Crippen molar-refractivity contribution in [1.82, 2.24) is 0 Å². The largest absolute Gasteiger partial charge is 0.459 e. The minimum atomic E-state index is -0.238. The van der Waals surface area contributed by atoms with E-state index in [0.717, 1.165) is 32.3 Å². The lowest BCUT2D eigenvalue weighted by Crippen LogP contribution is -2.11. The van der Waals surface area contributed by atoms with E-state index in [1.165, 1.54) is 3.57 Å².